The fraction of sp³-hybridized carbons (Fsp3) is 0.111. The molecule has 0 saturated heterocycles. The van der Waals surface area contributed by atoms with Crippen LogP contribution in [0, 0.1) is 0 Å². The van der Waals surface area contributed by atoms with Gasteiger partial charge < -0.3 is 10.2 Å². The molecule has 2 N–H and O–H groups in total. The van der Waals surface area contributed by atoms with Crippen molar-refractivity contribution in [3.05, 3.63) is 35.8 Å². The van der Waals surface area contributed by atoms with Gasteiger partial charge in [-0.1, -0.05) is 23.6 Å². The van der Waals surface area contributed by atoms with Crippen LogP contribution in [-0.2, 0) is 9.59 Å². The standard InChI is InChI=1S/C9H8O4/c10-8(11)6-4-2-1-3-5-7-9(12)13/h1-2,4,7H,6H2,(H,10,11)(H,12,13). The van der Waals surface area contributed by atoms with E-state index in [1.165, 1.54) is 18.2 Å². The number of carbonyl (C=O) groups is 2. The van der Waals surface area contributed by atoms with Crippen molar-refractivity contribution in [1.82, 2.24) is 0 Å². The highest BCUT2D eigenvalue weighted by atomic mass is 16.4. The lowest BCUT2D eigenvalue weighted by atomic mass is 10.4. The molecule has 0 heterocycles. The van der Waals surface area contributed by atoms with Gasteiger partial charge in [-0.05, 0) is 6.08 Å². The molecule has 0 atom stereocenters. The van der Waals surface area contributed by atoms with Gasteiger partial charge in [-0.25, -0.2) is 4.79 Å². The van der Waals surface area contributed by atoms with E-state index in [0.29, 0.717) is 0 Å². The van der Waals surface area contributed by atoms with Crippen LogP contribution in [0.15, 0.2) is 35.8 Å². The number of aliphatic carboxylic acids is 2. The van der Waals surface area contributed by atoms with Crippen molar-refractivity contribution in [2.75, 3.05) is 0 Å². The summed E-state index contributed by atoms with van der Waals surface area (Å²) in [6.07, 6.45) is 4.99. The minimum Gasteiger partial charge on any atom is -0.481 e. The van der Waals surface area contributed by atoms with Crippen molar-refractivity contribution in [3.63, 3.8) is 0 Å². The van der Waals surface area contributed by atoms with E-state index in [2.05, 4.69) is 11.5 Å². The highest BCUT2D eigenvalue weighted by Crippen LogP contribution is 1.82. The fourth-order valence-electron chi connectivity index (χ4n) is 0.437. The molecular formula is C9H8O4. The van der Waals surface area contributed by atoms with Crippen LogP contribution in [0.1, 0.15) is 6.42 Å². The average Bonchev–Trinajstić information content (AvgIpc) is 2.01. The Morgan fingerprint density at radius 2 is 1.92 bits per heavy atom. The van der Waals surface area contributed by atoms with Crippen LogP contribution in [0.25, 0.3) is 0 Å². The number of hydrogen-bond donors (Lipinski definition) is 2. The van der Waals surface area contributed by atoms with E-state index >= 15 is 0 Å². The van der Waals surface area contributed by atoms with Crippen LogP contribution in [-0.4, -0.2) is 22.2 Å². The zero-order chi connectivity index (χ0) is 10.1. The molecule has 0 aromatic carbocycles. The first-order valence-corrected chi connectivity index (χ1v) is 3.40. The van der Waals surface area contributed by atoms with Crippen LogP contribution in [0.5, 0.6) is 0 Å². The summed E-state index contributed by atoms with van der Waals surface area (Å²) in [4.78, 5) is 19.9. The molecule has 4 nitrogen and oxygen atoms in total. The Kier molecular flexibility index (Phi) is 5.64. The van der Waals surface area contributed by atoms with Crippen LogP contribution in [0.4, 0.5) is 0 Å². The van der Waals surface area contributed by atoms with Gasteiger partial charge in [-0.2, -0.15) is 0 Å². The number of rotatable bonds is 4. The first-order valence-electron chi connectivity index (χ1n) is 3.40. The van der Waals surface area contributed by atoms with Gasteiger partial charge in [0.15, 0.2) is 0 Å². The van der Waals surface area contributed by atoms with Crippen LogP contribution < -0.4 is 0 Å². The molecule has 4 heteroatoms. The van der Waals surface area contributed by atoms with Gasteiger partial charge in [0.1, 0.15) is 0 Å². The van der Waals surface area contributed by atoms with Gasteiger partial charge in [-0.3, -0.25) is 4.79 Å². The lowest BCUT2D eigenvalue weighted by Crippen LogP contribution is -1.89. The maximum absolute atomic E-state index is 9.99. The molecule has 0 bridgehead atoms. The number of hydrogen-bond acceptors (Lipinski definition) is 2. The third kappa shape index (κ3) is 9.98. The summed E-state index contributed by atoms with van der Waals surface area (Å²) in [5.74, 6) is -2.02. The molecule has 68 valence electrons. The fourth-order valence-corrected chi connectivity index (χ4v) is 0.437. The zero-order valence-corrected chi connectivity index (χ0v) is 6.73. The maximum atomic E-state index is 9.99. The minimum absolute atomic E-state index is 0.0686. The lowest BCUT2D eigenvalue weighted by molar-refractivity contribution is -0.136. The smallest absolute Gasteiger partial charge is 0.336 e. The summed E-state index contributed by atoms with van der Waals surface area (Å²) in [7, 11) is 0. The molecule has 0 aliphatic carbocycles. The molecule has 0 rings (SSSR count). The minimum atomic E-state index is -1.10. The molecule has 0 aliphatic rings. The van der Waals surface area contributed by atoms with Gasteiger partial charge in [0, 0.05) is 0 Å². The number of carboxylic acids is 2. The van der Waals surface area contributed by atoms with Gasteiger partial charge in [0.05, 0.1) is 12.5 Å². The molecule has 0 spiro atoms. The summed E-state index contributed by atoms with van der Waals surface area (Å²) in [5.41, 5.74) is 4.64. The van der Waals surface area contributed by atoms with Gasteiger partial charge in [0.25, 0.3) is 0 Å². The third-order valence-corrected chi connectivity index (χ3v) is 0.887. The van der Waals surface area contributed by atoms with Crippen molar-refractivity contribution in [3.8, 4) is 0 Å². The predicted molar refractivity (Wildman–Crippen MR) is 45.2 cm³/mol. The van der Waals surface area contributed by atoms with Crippen molar-refractivity contribution >= 4 is 11.9 Å². The summed E-state index contributed by atoms with van der Waals surface area (Å²) < 4.78 is 0. The van der Waals surface area contributed by atoms with E-state index in [1.807, 2.05) is 0 Å². The van der Waals surface area contributed by atoms with E-state index in [-0.39, 0.29) is 6.42 Å². The van der Waals surface area contributed by atoms with Gasteiger partial charge in [0.2, 0.25) is 0 Å². The second-order valence-corrected chi connectivity index (χ2v) is 1.96. The van der Waals surface area contributed by atoms with Crippen LogP contribution in [0.2, 0.25) is 0 Å². The highest BCUT2D eigenvalue weighted by Gasteiger charge is 1.86. The van der Waals surface area contributed by atoms with E-state index in [0.717, 1.165) is 6.08 Å². The second kappa shape index (κ2) is 6.68. The molecule has 0 fully saturated rings. The SMILES string of the molecule is O=C(O)C=C=C=CC=CCC(=O)O. The van der Waals surface area contributed by atoms with Crippen molar-refractivity contribution in [1.29, 1.82) is 0 Å². The number of allylic oxidation sites excluding steroid dienone is 2. The Morgan fingerprint density at radius 1 is 1.23 bits per heavy atom. The molecule has 0 unspecified atom stereocenters. The Morgan fingerprint density at radius 3 is 2.46 bits per heavy atom. The molecule has 0 saturated carbocycles. The molecule has 13 heavy (non-hydrogen) atoms. The quantitative estimate of drug-likeness (QED) is 0.384. The Labute approximate surface area is 74.8 Å². The summed E-state index contributed by atoms with van der Waals surface area (Å²) in [6.45, 7) is 0. The Bertz CT molecular complexity index is 313. The summed E-state index contributed by atoms with van der Waals surface area (Å²) >= 11 is 0. The lowest BCUT2D eigenvalue weighted by Gasteiger charge is -1.78. The summed E-state index contributed by atoms with van der Waals surface area (Å²) in [5, 5.41) is 16.3. The molecule has 0 amide bonds. The average molecular weight is 180 g/mol. The maximum Gasteiger partial charge on any atom is 0.336 e. The summed E-state index contributed by atoms with van der Waals surface area (Å²) in [6, 6.07) is 0. The molecule has 0 aliphatic heterocycles. The van der Waals surface area contributed by atoms with Crippen molar-refractivity contribution < 1.29 is 19.8 Å². The largest absolute Gasteiger partial charge is 0.481 e. The monoisotopic (exact) mass is 180 g/mol. The molecular weight excluding hydrogens is 172 g/mol. The second-order valence-electron chi connectivity index (χ2n) is 1.96. The first kappa shape index (κ1) is 11.0. The van der Waals surface area contributed by atoms with Crippen molar-refractivity contribution in [2.24, 2.45) is 0 Å². The normalized spacial score (nSPS) is 8.62. The van der Waals surface area contributed by atoms with Crippen LogP contribution in [0.3, 0.4) is 0 Å². The van der Waals surface area contributed by atoms with Crippen molar-refractivity contribution in [2.45, 2.75) is 6.42 Å². The third-order valence-electron chi connectivity index (χ3n) is 0.887. The molecule has 0 aromatic rings. The molecule has 0 radical (unpaired) electrons. The Balaban J connectivity index is 4.00. The topological polar surface area (TPSA) is 74.6 Å². The van der Waals surface area contributed by atoms with Gasteiger partial charge >= 0.3 is 11.9 Å². The van der Waals surface area contributed by atoms with Crippen LogP contribution >= 0.6 is 0 Å². The Hall–Kier alpha value is -2.02. The first-order chi connectivity index (χ1) is 6.13. The van der Waals surface area contributed by atoms with E-state index < -0.39 is 11.9 Å². The van der Waals surface area contributed by atoms with Gasteiger partial charge in [-0.15, -0.1) is 0 Å². The molecule has 0 aromatic heterocycles. The zero-order valence-electron chi connectivity index (χ0n) is 6.73. The highest BCUT2D eigenvalue weighted by molar-refractivity contribution is 5.79. The predicted octanol–water partition coefficient (Wildman–Crippen LogP) is 0.968. The van der Waals surface area contributed by atoms with E-state index in [1.54, 1.807) is 0 Å². The van der Waals surface area contributed by atoms with E-state index in [4.69, 9.17) is 10.2 Å². The number of carboxylic acid groups (broad SMARTS) is 2. The van der Waals surface area contributed by atoms with E-state index in [9.17, 15) is 9.59 Å².